The Balaban J connectivity index is 1.61. The van der Waals surface area contributed by atoms with Gasteiger partial charge in [0.05, 0.1) is 11.5 Å². The van der Waals surface area contributed by atoms with Crippen LogP contribution in [0.15, 0.2) is 53.4 Å². The maximum absolute atomic E-state index is 13.0. The van der Waals surface area contributed by atoms with Gasteiger partial charge in [0.25, 0.3) is 0 Å². The molecule has 1 saturated heterocycles. The van der Waals surface area contributed by atoms with E-state index in [1.165, 1.54) is 5.56 Å². The minimum atomic E-state index is -3.50. The van der Waals surface area contributed by atoms with E-state index in [1.807, 2.05) is 25.1 Å². The van der Waals surface area contributed by atoms with Crippen LogP contribution in [0.3, 0.4) is 0 Å². The van der Waals surface area contributed by atoms with Crippen LogP contribution in [0.25, 0.3) is 0 Å². The van der Waals surface area contributed by atoms with Gasteiger partial charge in [-0.3, -0.25) is 4.90 Å². The molecule has 0 spiro atoms. The molecule has 1 aliphatic heterocycles. The van der Waals surface area contributed by atoms with Gasteiger partial charge in [0, 0.05) is 39.8 Å². The van der Waals surface area contributed by atoms with Crippen molar-refractivity contribution in [3.63, 3.8) is 0 Å². The molecule has 2 aromatic rings. The monoisotopic (exact) mass is 404 g/mol. The van der Waals surface area contributed by atoms with Crippen molar-refractivity contribution in [2.24, 2.45) is 0 Å². The first-order chi connectivity index (χ1) is 13.5. The van der Waals surface area contributed by atoms with Gasteiger partial charge in [0.15, 0.2) is 0 Å². The summed E-state index contributed by atoms with van der Waals surface area (Å²) in [5, 5.41) is 0. The molecular weight excluding hydrogens is 376 g/mol. The maximum atomic E-state index is 13.0. The number of rotatable bonds is 8. The molecule has 3 rings (SSSR count). The van der Waals surface area contributed by atoms with Gasteiger partial charge in [-0.15, -0.1) is 0 Å². The van der Waals surface area contributed by atoms with Gasteiger partial charge in [-0.2, -0.15) is 4.31 Å². The first-order valence-electron chi connectivity index (χ1n) is 9.49. The molecule has 7 heteroatoms. The highest BCUT2D eigenvalue weighted by Gasteiger charge is 2.28. The van der Waals surface area contributed by atoms with Crippen LogP contribution in [-0.2, 0) is 21.3 Å². The zero-order valence-electron chi connectivity index (χ0n) is 16.5. The summed E-state index contributed by atoms with van der Waals surface area (Å²) in [5.41, 5.74) is 2.05. The van der Waals surface area contributed by atoms with E-state index in [0.717, 1.165) is 25.2 Å². The quantitative estimate of drug-likeness (QED) is 0.633. The zero-order valence-corrected chi connectivity index (χ0v) is 17.3. The lowest BCUT2D eigenvalue weighted by molar-refractivity contribution is 0.146. The van der Waals surface area contributed by atoms with E-state index >= 15 is 0 Å². The Hall–Kier alpha value is -1.93. The third kappa shape index (κ3) is 5.11. The third-order valence-corrected chi connectivity index (χ3v) is 6.80. The number of methoxy groups -OCH3 is 1. The molecule has 0 aliphatic carbocycles. The summed E-state index contributed by atoms with van der Waals surface area (Å²) in [4.78, 5) is 2.61. The molecule has 1 fully saturated rings. The Morgan fingerprint density at radius 1 is 0.964 bits per heavy atom. The van der Waals surface area contributed by atoms with Gasteiger partial charge >= 0.3 is 0 Å². The Bertz CT molecular complexity index is 863. The Morgan fingerprint density at radius 3 is 2.32 bits per heavy atom. The first kappa shape index (κ1) is 20.8. The molecule has 2 aromatic carbocycles. The molecule has 152 valence electrons. The second-order valence-corrected chi connectivity index (χ2v) is 8.87. The standard InChI is InChI=1S/C21H28N2O4S/c1-18-16-20(8-9-21(18)27-15-14-26-2)28(24,25)23-12-10-22(11-13-23)17-19-6-4-3-5-7-19/h3-9,16H,10-15,17H2,1-2H3. The predicted octanol–water partition coefficient (Wildman–Crippen LogP) is 2.53. The van der Waals surface area contributed by atoms with E-state index in [-0.39, 0.29) is 0 Å². The topological polar surface area (TPSA) is 59.1 Å². The van der Waals surface area contributed by atoms with E-state index in [4.69, 9.17) is 9.47 Å². The molecule has 0 atom stereocenters. The second-order valence-electron chi connectivity index (χ2n) is 6.93. The van der Waals surface area contributed by atoms with Crippen molar-refractivity contribution in [1.82, 2.24) is 9.21 Å². The summed E-state index contributed by atoms with van der Waals surface area (Å²) in [7, 11) is -1.88. The van der Waals surface area contributed by atoms with E-state index in [2.05, 4.69) is 17.0 Å². The van der Waals surface area contributed by atoms with Crippen LogP contribution in [-0.4, -0.2) is 64.1 Å². The highest BCUT2D eigenvalue weighted by atomic mass is 32.2. The van der Waals surface area contributed by atoms with Crippen molar-refractivity contribution in [1.29, 1.82) is 0 Å². The molecule has 0 saturated carbocycles. The summed E-state index contributed by atoms with van der Waals surface area (Å²) in [6, 6.07) is 15.3. The fraction of sp³-hybridized carbons (Fsp3) is 0.429. The summed E-state index contributed by atoms with van der Waals surface area (Å²) < 4.78 is 38.2. The van der Waals surface area contributed by atoms with Gasteiger partial charge in [-0.25, -0.2) is 8.42 Å². The Labute approximate surface area is 167 Å². The van der Waals surface area contributed by atoms with Crippen LogP contribution < -0.4 is 4.74 Å². The molecule has 0 N–H and O–H groups in total. The molecule has 1 aliphatic rings. The molecule has 0 unspecified atom stereocenters. The Kier molecular flexibility index (Phi) is 7.07. The minimum Gasteiger partial charge on any atom is -0.491 e. The number of hydrogen-bond acceptors (Lipinski definition) is 5. The van der Waals surface area contributed by atoms with Gasteiger partial charge in [-0.1, -0.05) is 30.3 Å². The number of aryl methyl sites for hydroxylation is 1. The number of piperazine rings is 1. The number of sulfonamides is 1. The van der Waals surface area contributed by atoms with Crippen molar-refractivity contribution in [2.75, 3.05) is 46.5 Å². The lowest BCUT2D eigenvalue weighted by Crippen LogP contribution is -2.48. The van der Waals surface area contributed by atoms with Crippen LogP contribution in [0.2, 0.25) is 0 Å². The van der Waals surface area contributed by atoms with Crippen LogP contribution in [0, 0.1) is 6.92 Å². The van der Waals surface area contributed by atoms with Crippen LogP contribution in [0.5, 0.6) is 5.75 Å². The molecule has 28 heavy (non-hydrogen) atoms. The maximum Gasteiger partial charge on any atom is 0.243 e. The molecule has 6 nitrogen and oxygen atoms in total. The normalized spacial score (nSPS) is 16.2. The summed E-state index contributed by atoms with van der Waals surface area (Å²) in [5.74, 6) is 0.684. The summed E-state index contributed by atoms with van der Waals surface area (Å²) in [6.45, 7) is 6.09. The fourth-order valence-corrected chi connectivity index (χ4v) is 4.81. The molecule has 0 bridgehead atoms. The number of hydrogen-bond donors (Lipinski definition) is 0. The molecule has 0 amide bonds. The summed E-state index contributed by atoms with van der Waals surface area (Å²) in [6.07, 6.45) is 0. The van der Waals surface area contributed by atoms with Crippen molar-refractivity contribution in [3.05, 3.63) is 59.7 Å². The Morgan fingerprint density at radius 2 is 1.68 bits per heavy atom. The third-order valence-electron chi connectivity index (χ3n) is 4.91. The van der Waals surface area contributed by atoms with Crippen molar-refractivity contribution in [2.45, 2.75) is 18.4 Å². The average molecular weight is 405 g/mol. The van der Waals surface area contributed by atoms with Crippen LogP contribution >= 0.6 is 0 Å². The molecule has 0 radical (unpaired) electrons. The highest BCUT2D eigenvalue weighted by molar-refractivity contribution is 7.89. The molecule has 1 heterocycles. The van der Waals surface area contributed by atoms with Gasteiger partial charge in [0.2, 0.25) is 10.0 Å². The smallest absolute Gasteiger partial charge is 0.243 e. The molecule has 0 aromatic heterocycles. The lowest BCUT2D eigenvalue weighted by atomic mass is 10.2. The van der Waals surface area contributed by atoms with E-state index in [9.17, 15) is 8.42 Å². The van der Waals surface area contributed by atoms with Gasteiger partial charge in [-0.05, 0) is 36.2 Å². The van der Waals surface area contributed by atoms with Crippen LogP contribution in [0.4, 0.5) is 0 Å². The van der Waals surface area contributed by atoms with Crippen LogP contribution in [0.1, 0.15) is 11.1 Å². The minimum absolute atomic E-state index is 0.320. The number of benzene rings is 2. The van der Waals surface area contributed by atoms with E-state index in [1.54, 1.807) is 29.6 Å². The fourth-order valence-electron chi connectivity index (χ4n) is 3.30. The second kappa shape index (κ2) is 9.52. The van der Waals surface area contributed by atoms with Gasteiger partial charge in [0.1, 0.15) is 12.4 Å². The first-order valence-corrected chi connectivity index (χ1v) is 10.9. The van der Waals surface area contributed by atoms with Crippen molar-refractivity contribution < 1.29 is 17.9 Å². The largest absolute Gasteiger partial charge is 0.491 e. The lowest BCUT2D eigenvalue weighted by Gasteiger charge is -2.34. The van der Waals surface area contributed by atoms with E-state index < -0.39 is 10.0 Å². The number of ether oxygens (including phenoxy) is 2. The van der Waals surface area contributed by atoms with Crippen molar-refractivity contribution in [3.8, 4) is 5.75 Å². The number of nitrogens with zero attached hydrogens (tertiary/aromatic N) is 2. The summed E-state index contributed by atoms with van der Waals surface area (Å²) >= 11 is 0. The van der Waals surface area contributed by atoms with E-state index in [0.29, 0.717) is 36.9 Å². The highest BCUT2D eigenvalue weighted by Crippen LogP contribution is 2.25. The zero-order chi connectivity index (χ0) is 20.0. The van der Waals surface area contributed by atoms with Gasteiger partial charge < -0.3 is 9.47 Å². The average Bonchev–Trinajstić information content (AvgIpc) is 2.70. The predicted molar refractivity (Wildman–Crippen MR) is 109 cm³/mol. The molecular formula is C21H28N2O4S. The SMILES string of the molecule is COCCOc1ccc(S(=O)(=O)N2CCN(Cc3ccccc3)CC2)cc1C. The van der Waals surface area contributed by atoms with Crippen molar-refractivity contribution >= 4 is 10.0 Å².